The molecule has 2 fully saturated rings. The van der Waals surface area contributed by atoms with Crippen LogP contribution in [0.25, 0.3) is 0 Å². The SMILES string of the molecule is COc1ccc(C2C(CNC(=O)c3ccc(N4CCCCC4=O)cc3)CCCN2C)cc1. The summed E-state index contributed by atoms with van der Waals surface area (Å²) in [5, 5.41) is 3.15. The van der Waals surface area contributed by atoms with Crippen LogP contribution in [0.4, 0.5) is 5.69 Å². The Hall–Kier alpha value is -2.86. The largest absolute Gasteiger partial charge is 0.497 e. The summed E-state index contributed by atoms with van der Waals surface area (Å²) in [6.45, 7) is 2.44. The third-order valence-corrected chi connectivity index (χ3v) is 6.75. The predicted octanol–water partition coefficient (Wildman–Crippen LogP) is 4.03. The summed E-state index contributed by atoms with van der Waals surface area (Å²) in [6.07, 6.45) is 4.80. The van der Waals surface area contributed by atoms with Gasteiger partial charge in [-0.1, -0.05) is 12.1 Å². The van der Waals surface area contributed by atoms with Gasteiger partial charge in [-0.05, 0) is 87.2 Å². The molecule has 170 valence electrons. The summed E-state index contributed by atoms with van der Waals surface area (Å²) >= 11 is 0. The molecule has 2 atom stereocenters. The highest BCUT2D eigenvalue weighted by molar-refractivity contribution is 5.96. The van der Waals surface area contributed by atoms with Gasteiger partial charge in [0.2, 0.25) is 5.91 Å². The smallest absolute Gasteiger partial charge is 0.251 e. The highest BCUT2D eigenvalue weighted by Crippen LogP contribution is 2.35. The van der Waals surface area contributed by atoms with E-state index in [1.54, 1.807) is 7.11 Å². The van der Waals surface area contributed by atoms with E-state index < -0.39 is 0 Å². The molecule has 0 spiro atoms. The van der Waals surface area contributed by atoms with Crippen LogP contribution < -0.4 is 15.0 Å². The fourth-order valence-corrected chi connectivity index (χ4v) is 5.00. The van der Waals surface area contributed by atoms with Crippen molar-refractivity contribution < 1.29 is 14.3 Å². The zero-order valence-electron chi connectivity index (χ0n) is 19.0. The quantitative estimate of drug-likeness (QED) is 0.744. The van der Waals surface area contributed by atoms with E-state index in [1.807, 2.05) is 41.3 Å². The molecule has 2 unspecified atom stereocenters. The molecule has 6 heteroatoms. The van der Waals surface area contributed by atoms with E-state index in [0.717, 1.165) is 50.2 Å². The van der Waals surface area contributed by atoms with Gasteiger partial charge in [0, 0.05) is 36.8 Å². The first-order valence-electron chi connectivity index (χ1n) is 11.6. The molecule has 0 aliphatic carbocycles. The Bertz CT molecular complexity index is 926. The standard InChI is InChI=1S/C26H33N3O3/c1-28-16-5-6-21(25(28)19-10-14-23(32-2)15-11-19)18-27-26(31)20-8-12-22(13-9-20)29-17-4-3-7-24(29)30/h8-15,21,25H,3-7,16-18H2,1-2H3,(H,27,31). The van der Waals surface area contributed by atoms with Crippen LogP contribution >= 0.6 is 0 Å². The molecule has 2 aliphatic rings. The monoisotopic (exact) mass is 435 g/mol. The van der Waals surface area contributed by atoms with Gasteiger partial charge in [-0.2, -0.15) is 0 Å². The number of rotatable bonds is 6. The highest BCUT2D eigenvalue weighted by Gasteiger charge is 2.31. The first-order chi connectivity index (χ1) is 15.6. The maximum absolute atomic E-state index is 12.8. The first kappa shape index (κ1) is 22.3. The fraction of sp³-hybridized carbons (Fsp3) is 0.462. The van der Waals surface area contributed by atoms with Crippen molar-refractivity contribution >= 4 is 17.5 Å². The molecule has 2 aromatic carbocycles. The number of carbonyl (C=O) groups is 2. The summed E-state index contributed by atoms with van der Waals surface area (Å²) in [4.78, 5) is 29.2. The normalized spacial score (nSPS) is 21.9. The van der Waals surface area contributed by atoms with E-state index in [9.17, 15) is 9.59 Å². The molecule has 0 saturated carbocycles. The Balaban J connectivity index is 1.39. The van der Waals surface area contributed by atoms with E-state index in [-0.39, 0.29) is 17.9 Å². The van der Waals surface area contributed by atoms with E-state index in [0.29, 0.717) is 24.4 Å². The van der Waals surface area contributed by atoms with Gasteiger partial charge in [-0.25, -0.2) is 0 Å². The second-order valence-corrected chi connectivity index (χ2v) is 8.86. The van der Waals surface area contributed by atoms with Crippen molar-refractivity contribution in [2.75, 3.05) is 38.7 Å². The van der Waals surface area contributed by atoms with Gasteiger partial charge in [-0.15, -0.1) is 0 Å². The molecule has 6 nitrogen and oxygen atoms in total. The molecule has 2 amide bonds. The zero-order valence-corrected chi connectivity index (χ0v) is 19.0. The Kier molecular flexibility index (Phi) is 7.10. The Labute approximate surface area is 190 Å². The molecule has 1 N–H and O–H groups in total. The van der Waals surface area contributed by atoms with E-state index >= 15 is 0 Å². The van der Waals surface area contributed by atoms with Crippen molar-refractivity contribution in [3.63, 3.8) is 0 Å². The molecule has 0 radical (unpaired) electrons. The maximum atomic E-state index is 12.8. The minimum atomic E-state index is -0.0665. The number of nitrogens with one attached hydrogen (secondary N) is 1. The van der Waals surface area contributed by atoms with E-state index in [2.05, 4.69) is 29.4 Å². The average Bonchev–Trinajstić information content (AvgIpc) is 2.83. The number of benzene rings is 2. The number of likely N-dealkylation sites (tertiary alicyclic amines) is 1. The number of amides is 2. The van der Waals surface area contributed by atoms with Gasteiger partial charge < -0.3 is 15.0 Å². The third-order valence-electron chi connectivity index (χ3n) is 6.75. The summed E-state index contributed by atoms with van der Waals surface area (Å²) in [5.41, 5.74) is 2.76. The number of anilines is 1. The number of ether oxygens (including phenoxy) is 1. The number of methoxy groups -OCH3 is 1. The third kappa shape index (κ3) is 4.96. The molecule has 0 bridgehead atoms. The lowest BCUT2D eigenvalue weighted by molar-refractivity contribution is -0.119. The second-order valence-electron chi connectivity index (χ2n) is 8.86. The lowest BCUT2D eigenvalue weighted by Gasteiger charge is -2.39. The first-order valence-corrected chi connectivity index (χ1v) is 11.6. The minimum absolute atomic E-state index is 0.0665. The van der Waals surface area contributed by atoms with Gasteiger partial charge in [-0.3, -0.25) is 14.5 Å². The van der Waals surface area contributed by atoms with Gasteiger partial charge in [0.1, 0.15) is 5.75 Å². The van der Waals surface area contributed by atoms with Crippen molar-refractivity contribution in [1.82, 2.24) is 10.2 Å². The van der Waals surface area contributed by atoms with Crippen LogP contribution in [0.3, 0.4) is 0 Å². The predicted molar refractivity (Wildman–Crippen MR) is 126 cm³/mol. The highest BCUT2D eigenvalue weighted by atomic mass is 16.5. The van der Waals surface area contributed by atoms with Crippen molar-refractivity contribution in [3.8, 4) is 5.75 Å². The lowest BCUT2D eigenvalue weighted by atomic mass is 9.85. The van der Waals surface area contributed by atoms with Crippen LogP contribution in [0.15, 0.2) is 48.5 Å². The fourth-order valence-electron chi connectivity index (χ4n) is 5.00. The van der Waals surface area contributed by atoms with Gasteiger partial charge in [0.25, 0.3) is 5.91 Å². The van der Waals surface area contributed by atoms with Crippen molar-refractivity contribution in [2.24, 2.45) is 5.92 Å². The Morgan fingerprint density at radius 3 is 2.47 bits per heavy atom. The summed E-state index contributed by atoms with van der Waals surface area (Å²) in [7, 11) is 3.83. The zero-order chi connectivity index (χ0) is 22.5. The summed E-state index contributed by atoms with van der Waals surface area (Å²) in [5.74, 6) is 1.30. The molecule has 2 aromatic rings. The van der Waals surface area contributed by atoms with Crippen LogP contribution in [-0.2, 0) is 4.79 Å². The molecular formula is C26H33N3O3. The molecule has 2 saturated heterocycles. The Morgan fingerprint density at radius 2 is 1.78 bits per heavy atom. The van der Waals surface area contributed by atoms with Crippen molar-refractivity contribution in [3.05, 3.63) is 59.7 Å². The van der Waals surface area contributed by atoms with Crippen LogP contribution in [-0.4, -0.2) is 50.5 Å². The molecule has 4 rings (SSSR count). The molecule has 0 aromatic heterocycles. The average molecular weight is 436 g/mol. The van der Waals surface area contributed by atoms with Crippen LogP contribution in [0.5, 0.6) is 5.75 Å². The van der Waals surface area contributed by atoms with E-state index in [1.165, 1.54) is 5.56 Å². The van der Waals surface area contributed by atoms with Crippen molar-refractivity contribution in [1.29, 1.82) is 0 Å². The molecule has 2 heterocycles. The number of carbonyl (C=O) groups excluding carboxylic acids is 2. The van der Waals surface area contributed by atoms with Crippen LogP contribution in [0, 0.1) is 5.92 Å². The number of nitrogens with zero attached hydrogens (tertiary/aromatic N) is 2. The van der Waals surface area contributed by atoms with Crippen LogP contribution in [0.2, 0.25) is 0 Å². The van der Waals surface area contributed by atoms with Gasteiger partial charge in [0.15, 0.2) is 0 Å². The van der Waals surface area contributed by atoms with Gasteiger partial charge in [0.05, 0.1) is 7.11 Å². The maximum Gasteiger partial charge on any atom is 0.251 e. The topological polar surface area (TPSA) is 61.9 Å². The Morgan fingerprint density at radius 1 is 1.03 bits per heavy atom. The number of piperidine rings is 2. The van der Waals surface area contributed by atoms with Gasteiger partial charge >= 0.3 is 0 Å². The molecular weight excluding hydrogens is 402 g/mol. The number of hydrogen-bond donors (Lipinski definition) is 1. The van der Waals surface area contributed by atoms with Crippen molar-refractivity contribution in [2.45, 2.75) is 38.1 Å². The lowest BCUT2D eigenvalue weighted by Crippen LogP contribution is -2.41. The number of hydrogen-bond acceptors (Lipinski definition) is 4. The minimum Gasteiger partial charge on any atom is -0.497 e. The van der Waals surface area contributed by atoms with Crippen LogP contribution in [0.1, 0.15) is 54.1 Å². The molecule has 32 heavy (non-hydrogen) atoms. The molecule has 2 aliphatic heterocycles. The van der Waals surface area contributed by atoms with E-state index in [4.69, 9.17) is 4.74 Å². The second kappa shape index (κ2) is 10.2. The summed E-state index contributed by atoms with van der Waals surface area (Å²) in [6, 6.07) is 15.9. The summed E-state index contributed by atoms with van der Waals surface area (Å²) < 4.78 is 5.30.